The lowest BCUT2D eigenvalue weighted by Gasteiger charge is -2.24. The molecule has 0 N–H and O–H groups in total. The molecule has 0 aliphatic heterocycles. The van der Waals surface area contributed by atoms with Crippen LogP contribution in [0.25, 0.3) is 22.3 Å². The fourth-order valence-corrected chi connectivity index (χ4v) is 7.81. The lowest BCUT2D eigenvalue weighted by Crippen LogP contribution is -2.17. The van der Waals surface area contributed by atoms with E-state index in [9.17, 15) is 0 Å². The zero-order valence-corrected chi connectivity index (χ0v) is 31.1. The molecule has 48 heavy (non-hydrogen) atoms. The lowest BCUT2D eigenvalue weighted by atomic mass is 9.81. The molecule has 6 rings (SSSR count). The van der Waals surface area contributed by atoms with Crippen LogP contribution in [-0.2, 0) is 23.7 Å². The second kappa shape index (κ2) is 12.5. The fraction of sp³-hybridized carbons (Fsp3) is 0.455. The van der Waals surface area contributed by atoms with Crippen LogP contribution in [0.1, 0.15) is 116 Å². The zero-order chi connectivity index (χ0) is 34.7. The first-order chi connectivity index (χ1) is 22.6. The van der Waals surface area contributed by atoms with E-state index >= 15 is 0 Å². The van der Waals surface area contributed by atoms with Crippen LogP contribution < -0.4 is 18.9 Å². The van der Waals surface area contributed by atoms with Crippen molar-refractivity contribution in [2.24, 2.45) is 0 Å². The minimum atomic E-state index is -0.183. The van der Waals surface area contributed by atoms with Crippen molar-refractivity contribution in [3.8, 4) is 45.3 Å². The Morgan fingerprint density at radius 3 is 1.06 bits per heavy atom. The van der Waals surface area contributed by atoms with Gasteiger partial charge in [0, 0.05) is 10.8 Å². The monoisotopic (exact) mass is 646 g/mol. The molecule has 4 nitrogen and oxygen atoms in total. The minimum absolute atomic E-state index is 0.0882. The van der Waals surface area contributed by atoms with Gasteiger partial charge in [0.05, 0.1) is 24.4 Å². The largest absolute Gasteiger partial charge is 0.491 e. The van der Waals surface area contributed by atoms with Gasteiger partial charge in [-0.1, -0.05) is 39.8 Å². The molecular formula is C44H54O4. The second-order valence-corrected chi connectivity index (χ2v) is 15.8. The molecule has 4 aromatic carbocycles. The topological polar surface area (TPSA) is 36.9 Å². The van der Waals surface area contributed by atoms with E-state index in [0.29, 0.717) is 0 Å². The molecule has 0 saturated carbocycles. The Hall–Kier alpha value is -3.92. The van der Waals surface area contributed by atoms with Gasteiger partial charge < -0.3 is 18.9 Å². The predicted molar refractivity (Wildman–Crippen MR) is 198 cm³/mol. The van der Waals surface area contributed by atoms with Crippen molar-refractivity contribution in [3.05, 3.63) is 94.0 Å². The summed E-state index contributed by atoms with van der Waals surface area (Å²) in [6, 6.07) is 22.4. The number of rotatable bonds is 11. The molecule has 0 spiro atoms. The van der Waals surface area contributed by atoms with E-state index in [1.807, 2.05) is 0 Å². The third kappa shape index (κ3) is 6.19. The number of hydrogen-bond acceptors (Lipinski definition) is 4. The van der Waals surface area contributed by atoms with Crippen molar-refractivity contribution in [1.82, 2.24) is 0 Å². The van der Waals surface area contributed by atoms with Crippen LogP contribution in [0.5, 0.6) is 23.0 Å². The molecule has 0 unspecified atom stereocenters. The summed E-state index contributed by atoms with van der Waals surface area (Å²) < 4.78 is 25.1. The van der Waals surface area contributed by atoms with E-state index < -0.39 is 0 Å². The van der Waals surface area contributed by atoms with E-state index in [0.717, 1.165) is 35.8 Å². The highest BCUT2D eigenvalue weighted by molar-refractivity contribution is 5.86. The summed E-state index contributed by atoms with van der Waals surface area (Å²) in [4.78, 5) is 0. The SMILES string of the molecule is CC(C)Oc1ccc2c(c1)C(C)(C)c1cc(OC(C)C)cc(CCc3cc(OC(C)C)cc4c3-c3ccc(OC(C)C)cc3C4(C)C)c1-2. The van der Waals surface area contributed by atoms with Gasteiger partial charge in [-0.05, 0) is 172 Å². The van der Waals surface area contributed by atoms with Crippen molar-refractivity contribution < 1.29 is 18.9 Å². The molecule has 0 saturated heterocycles. The Labute approximate surface area is 288 Å². The van der Waals surface area contributed by atoms with Gasteiger partial charge in [-0.3, -0.25) is 0 Å². The summed E-state index contributed by atoms with van der Waals surface area (Å²) in [5.41, 5.74) is 12.8. The zero-order valence-electron chi connectivity index (χ0n) is 31.1. The van der Waals surface area contributed by atoms with Gasteiger partial charge in [0.2, 0.25) is 0 Å². The van der Waals surface area contributed by atoms with E-state index in [-0.39, 0.29) is 35.2 Å². The van der Waals surface area contributed by atoms with Crippen LogP contribution in [0.2, 0.25) is 0 Å². The number of ether oxygens (including phenoxy) is 4. The Bertz CT molecular complexity index is 1700. The van der Waals surface area contributed by atoms with Crippen LogP contribution in [0.3, 0.4) is 0 Å². The molecule has 0 aromatic heterocycles. The van der Waals surface area contributed by atoms with E-state index in [1.54, 1.807) is 0 Å². The maximum atomic E-state index is 6.39. The Kier molecular flexibility index (Phi) is 8.85. The quantitative estimate of drug-likeness (QED) is 0.162. The molecule has 0 heterocycles. The molecule has 0 amide bonds. The normalized spacial score (nSPS) is 15.1. The van der Waals surface area contributed by atoms with Crippen molar-refractivity contribution in [2.45, 2.75) is 131 Å². The highest BCUT2D eigenvalue weighted by atomic mass is 16.5. The fourth-order valence-electron chi connectivity index (χ4n) is 7.81. The van der Waals surface area contributed by atoms with Crippen molar-refractivity contribution in [3.63, 3.8) is 0 Å². The van der Waals surface area contributed by atoms with Gasteiger partial charge in [-0.25, -0.2) is 0 Å². The molecule has 0 fully saturated rings. The summed E-state index contributed by atoms with van der Waals surface area (Å²) in [5, 5.41) is 0. The van der Waals surface area contributed by atoms with Crippen LogP contribution in [-0.4, -0.2) is 24.4 Å². The molecule has 2 aliphatic rings. The maximum Gasteiger partial charge on any atom is 0.120 e. The molecule has 4 aromatic rings. The van der Waals surface area contributed by atoms with Gasteiger partial charge >= 0.3 is 0 Å². The summed E-state index contributed by atoms with van der Waals surface area (Å²) in [7, 11) is 0. The molecule has 254 valence electrons. The van der Waals surface area contributed by atoms with Crippen LogP contribution in [0, 0.1) is 0 Å². The highest BCUT2D eigenvalue weighted by Crippen LogP contribution is 2.54. The van der Waals surface area contributed by atoms with Crippen LogP contribution >= 0.6 is 0 Å². The summed E-state index contributed by atoms with van der Waals surface area (Å²) >= 11 is 0. The number of benzene rings is 4. The number of fused-ring (bicyclic) bond motifs is 6. The number of hydrogen-bond donors (Lipinski definition) is 0. The Balaban J connectivity index is 1.47. The van der Waals surface area contributed by atoms with Crippen molar-refractivity contribution in [1.29, 1.82) is 0 Å². The Morgan fingerprint density at radius 1 is 0.417 bits per heavy atom. The molecule has 0 bridgehead atoms. The highest BCUT2D eigenvalue weighted by Gasteiger charge is 2.40. The maximum absolute atomic E-state index is 6.39. The summed E-state index contributed by atoms with van der Waals surface area (Å²) in [6.45, 7) is 26.0. The van der Waals surface area contributed by atoms with Gasteiger partial charge in [0.25, 0.3) is 0 Å². The molecule has 0 atom stereocenters. The summed E-state index contributed by atoms with van der Waals surface area (Å²) in [5.74, 6) is 3.71. The molecule has 4 heteroatoms. The number of aryl methyl sites for hydroxylation is 2. The van der Waals surface area contributed by atoms with E-state index in [2.05, 4.69) is 144 Å². The molecule has 0 radical (unpaired) electrons. The second-order valence-electron chi connectivity index (χ2n) is 15.8. The average molecular weight is 647 g/mol. The van der Waals surface area contributed by atoms with Gasteiger partial charge in [0.15, 0.2) is 0 Å². The first-order valence-electron chi connectivity index (χ1n) is 17.9. The van der Waals surface area contributed by atoms with E-state index in [4.69, 9.17) is 18.9 Å². The molecular weight excluding hydrogens is 592 g/mol. The third-order valence-electron chi connectivity index (χ3n) is 9.75. The first kappa shape index (κ1) is 34.0. The average Bonchev–Trinajstić information content (AvgIpc) is 3.34. The molecule has 2 aliphatic carbocycles. The third-order valence-corrected chi connectivity index (χ3v) is 9.75. The standard InChI is InChI=1S/C44H54O4/c1-25(2)45-31-15-17-35-37(21-31)43(9,10)39-23-33(47-27(5)6)19-29(41(35)39)13-14-30-20-34(48-28(7)8)24-40-42(30)36-18-16-32(46-26(3)4)22-38(36)44(40,11)12/h15-28H,13-14H2,1-12H3. The lowest BCUT2D eigenvalue weighted by molar-refractivity contribution is 0.241. The van der Waals surface area contributed by atoms with Gasteiger partial charge in [-0.2, -0.15) is 0 Å². The van der Waals surface area contributed by atoms with Crippen molar-refractivity contribution >= 4 is 0 Å². The van der Waals surface area contributed by atoms with Crippen molar-refractivity contribution in [2.75, 3.05) is 0 Å². The Morgan fingerprint density at radius 2 is 0.729 bits per heavy atom. The van der Waals surface area contributed by atoms with E-state index in [1.165, 1.54) is 55.6 Å². The minimum Gasteiger partial charge on any atom is -0.491 e. The van der Waals surface area contributed by atoms with Gasteiger partial charge in [-0.15, -0.1) is 0 Å². The van der Waals surface area contributed by atoms with Crippen LogP contribution in [0.15, 0.2) is 60.7 Å². The predicted octanol–water partition coefficient (Wildman–Crippen LogP) is 11.2. The smallest absolute Gasteiger partial charge is 0.120 e. The van der Waals surface area contributed by atoms with Gasteiger partial charge in [0.1, 0.15) is 23.0 Å². The van der Waals surface area contributed by atoms with Crippen LogP contribution in [0.4, 0.5) is 0 Å². The summed E-state index contributed by atoms with van der Waals surface area (Å²) in [6.07, 6.45) is 2.17. The first-order valence-corrected chi connectivity index (χ1v) is 17.9.